The molecule has 0 aromatic heterocycles. The van der Waals surface area contributed by atoms with Crippen LogP contribution in [0.15, 0.2) is 12.1 Å². The highest BCUT2D eigenvalue weighted by atomic mass is 19.1. The molecule has 0 aliphatic heterocycles. The molecular weight excluding hydrogens is 179 g/mol. The second kappa shape index (κ2) is 3.30. The minimum Gasteiger partial charge on any atom is -0.504 e. The van der Waals surface area contributed by atoms with Crippen molar-refractivity contribution in [3.8, 4) is 11.5 Å². The van der Waals surface area contributed by atoms with E-state index in [1.165, 1.54) is 0 Å². The van der Waals surface area contributed by atoms with Gasteiger partial charge in [0.25, 0.3) is 0 Å². The minimum absolute atomic E-state index is 0.157. The smallest absolute Gasteiger partial charge is 0.338 e. The lowest BCUT2D eigenvalue weighted by Gasteiger charge is -2.02. The lowest BCUT2D eigenvalue weighted by atomic mass is 10.2. The van der Waals surface area contributed by atoms with E-state index in [1.807, 2.05) is 0 Å². The van der Waals surface area contributed by atoms with Crippen LogP contribution in [0.2, 0.25) is 0 Å². The second-order valence-electron chi connectivity index (χ2n) is 2.32. The lowest BCUT2D eigenvalue weighted by Crippen LogP contribution is -2.01. The highest BCUT2D eigenvalue weighted by molar-refractivity contribution is 5.90. The Bertz CT molecular complexity index is 325. The van der Waals surface area contributed by atoms with Crippen molar-refractivity contribution in [3.05, 3.63) is 23.5 Å². The maximum absolute atomic E-state index is 12.7. The highest BCUT2D eigenvalue weighted by Crippen LogP contribution is 2.28. The predicted octanol–water partition coefficient (Wildman–Crippen LogP) is 1.02. The number of phenols is 2. The molecule has 1 aromatic rings. The lowest BCUT2D eigenvalue weighted by molar-refractivity contribution is 0.0599. The number of esters is 1. The summed E-state index contributed by atoms with van der Waals surface area (Å²) >= 11 is 0. The number of carbonyl (C=O) groups is 1. The van der Waals surface area contributed by atoms with Crippen molar-refractivity contribution >= 4 is 5.97 Å². The average Bonchev–Trinajstić information content (AvgIpc) is 2.12. The molecule has 0 amide bonds. The largest absolute Gasteiger partial charge is 0.504 e. The first-order valence-electron chi connectivity index (χ1n) is 3.36. The van der Waals surface area contributed by atoms with Gasteiger partial charge in [0.05, 0.1) is 12.7 Å². The summed E-state index contributed by atoms with van der Waals surface area (Å²) in [4.78, 5) is 10.8. The van der Waals surface area contributed by atoms with Gasteiger partial charge in [-0.15, -0.1) is 0 Å². The van der Waals surface area contributed by atoms with E-state index in [-0.39, 0.29) is 5.56 Å². The number of methoxy groups -OCH3 is 1. The summed E-state index contributed by atoms with van der Waals surface area (Å²) in [6.07, 6.45) is 0. The maximum Gasteiger partial charge on any atom is 0.338 e. The summed E-state index contributed by atoms with van der Waals surface area (Å²) in [6.45, 7) is 0. The van der Waals surface area contributed by atoms with Crippen LogP contribution >= 0.6 is 0 Å². The number of hydrogen-bond acceptors (Lipinski definition) is 4. The van der Waals surface area contributed by atoms with Crippen LogP contribution in [0.1, 0.15) is 10.4 Å². The Kier molecular flexibility index (Phi) is 2.36. The van der Waals surface area contributed by atoms with Gasteiger partial charge in [-0.1, -0.05) is 0 Å². The monoisotopic (exact) mass is 186 g/mol. The van der Waals surface area contributed by atoms with E-state index in [0.29, 0.717) is 0 Å². The van der Waals surface area contributed by atoms with Crippen molar-refractivity contribution in [1.29, 1.82) is 0 Å². The maximum atomic E-state index is 12.7. The third-order valence-electron chi connectivity index (χ3n) is 1.46. The number of carbonyl (C=O) groups excluding carboxylic acids is 1. The van der Waals surface area contributed by atoms with Gasteiger partial charge in [-0.3, -0.25) is 0 Å². The van der Waals surface area contributed by atoms with Gasteiger partial charge in [0.2, 0.25) is 0 Å². The van der Waals surface area contributed by atoms with Crippen LogP contribution in [-0.2, 0) is 4.74 Å². The first kappa shape index (κ1) is 9.31. The van der Waals surface area contributed by atoms with E-state index < -0.39 is 23.3 Å². The van der Waals surface area contributed by atoms with Crippen molar-refractivity contribution in [2.24, 2.45) is 0 Å². The molecule has 0 saturated carbocycles. The molecule has 0 heterocycles. The van der Waals surface area contributed by atoms with Crippen molar-refractivity contribution in [2.75, 3.05) is 7.11 Å². The van der Waals surface area contributed by atoms with Crippen molar-refractivity contribution in [3.63, 3.8) is 0 Å². The fraction of sp³-hybridized carbons (Fsp3) is 0.125. The Hall–Kier alpha value is -1.78. The van der Waals surface area contributed by atoms with Crippen LogP contribution in [-0.4, -0.2) is 23.3 Å². The molecule has 0 saturated heterocycles. The van der Waals surface area contributed by atoms with E-state index in [0.717, 1.165) is 19.2 Å². The molecule has 5 heteroatoms. The Labute approximate surface area is 73.2 Å². The van der Waals surface area contributed by atoms with Gasteiger partial charge >= 0.3 is 5.97 Å². The molecule has 2 N–H and O–H groups in total. The molecule has 1 aromatic carbocycles. The van der Waals surface area contributed by atoms with Crippen LogP contribution < -0.4 is 0 Å². The number of hydrogen-bond donors (Lipinski definition) is 2. The van der Waals surface area contributed by atoms with Gasteiger partial charge in [0.1, 0.15) is 0 Å². The van der Waals surface area contributed by atoms with E-state index in [4.69, 9.17) is 10.2 Å². The number of halogens is 1. The Balaban J connectivity index is 3.20. The van der Waals surface area contributed by atoms with Crippen LogP contribution in [0.4, 0.5) is 4.39 Å². The SMILES string of the molecule is COC(=O)c1cc(O)c(O)c(F)c1. The average molecular weight is 186 g/mol. The fourth-order valence-electron chi connectivity index (χ4n) is 0.820. The normalized spacial score (nSPS) is 9.69. The number of rotatable bonds is 1. The summed E-state index contributed by atoms with van der Waals surface area (Å²) in [7, 11) is 1.13. The first-order chi connectivity index (χ1) is 6.06. The zero-order chi connectivity index (χ0) is 10.0. The molecule has 4 nitrogen and oxygen atoms in total. The first-order valence-corrected chi connectivity index (χ1v) is 3.36. The topological polar surface area (TPSA) is 66.8 Å². The van der Waals surface area contributed by atoms with E-state index in [1.54, 1.807) is 0 Å². The van der Waals surface area contributed by atoms with E-state index >= 15 is 0 Å². The molecule has 0 aliphatic carbocycles. The molecular formula is C8H7FO4. The van der Waals surface area contributed by atoms with Gasteiger partial charge in [0.15, 0.2) is 17.3 Å². The van der Waals surface area contributed by atoms with Crippen molar-refractivity contribution in [1.82, 2.24) is 0 Å². The highest BCUT2D eigenvalue weighted by Gasteiger charge is 2.13. The van der Waals surface area contributed by atoms with Crippen LogP contribution in [0.25, 0.3) is 0 Å². The molecule has 0 bridgehead atoms. The summed E-state index contributed by atoms with van der Waals surface area (Å²) in [5.41, 5.74) is -0.157. The van der Waals surface area contributed by atoms with Gasteiger partial charge in [-0.05, 0) is 12.1 Å². The summed E-state index contributed by atoms with van der Waals surface area (Å²) in [6, 6.07) is 1.70. The fourth-order valence-corrected chi connectivity index (χ4v) is 0.820. The van der Waals surface area contributed by atoms with Crippen LogP contribution in [0.5, 0.6) is 11.5 Å². The molecule has 0 unspecified atom stereocenters. The van der Waals surface area contributed by atoms with Gasteiger partial charge in [-0.2, -0.15) is 0 Å². The molecule has 0 fully saturated rings. The number of phenolic OH excluding ortho intramolecular Hbond substituents is 2. The van der Waals surface area contributed by atoms with Crippen LogP contribution in [0, 0.1) is 5.82 Å². The molecule has 0 radical (unpaired) electrons. The van der Waals surface area contributed by atoms with Crippen LogP contribution in [0.3, 0.4) is 0 Å². The summed E-state index contributed by atoms with van der Waals surface area (Å²) in [5.74, 6) is -3.43. The molecule has 1 rings (SSSR count). The van der Waals surface area contributed by atoms with E-state index in [9.17, 15) is 9.18 Å². The number of ether oxygens (including phenoxy) is 1. The summed E-state index contributed by atoms with van der Waals surface area (Å²) in [5, 5.41) is 17.7. The van der Waals surface area contributed by atoms with Gasteiger partial charge < -0.3 is 14.9 Å². The zero-order valence-electron chi connectivity index (χ0n) is 6.74. The van der Waals surface area contributed by atoms with Crippen molar-refractivity contribution < 1.29 is 24.1 Å². The molecule has 0 atom stereocenters. The Morgan fingerprint density at radius 1 is 1.46 bits per heavy atom. The zero-order valence-corrected chi connectivity index (χ0v) is 6.74. The van der Waals surface area contributed by atoms with Crippen molar-refractivity contribution in [2.45, 2.75) is 0 Å². The summed E-state index contributed by atoms with van der Waals surface area (Å²) < 4.78 is 17.0. The molecule has 13 heavy (non-hydrogen) atoms. The number of aromatic hydroxyl groups is 2. The quantitative estimate of drug-likeness (QED) is 0.507. The molecule has 0 spiro atoms. The predicted molar refractivity (Wildman–Crippen MR) is 41.1 cm³/mol. The number of benzene rings is 1. The standard InChI is InChI=1S/C8H7FO4/c1-13-8(12)4-2-5(9)7(11)6(10)3-4/h2-3,10-11H,1H3. The molecule has 0 aliphatic rings. The second-order valence-corrected chi connectivity index (χ2v) is 2.32. The van der Waals surface area contributed by atoms with Gasteiger partial charge in [0, 0.05) is 0 Å². The Morgan fingerprint density at radius 2 is 2.08 bits per heavy atom. The minimum atomic E-state index is -1.07. The third-order valence-corrected chi connectivity index (χ3v) is 1.46. The van der Waals surface area contributed by atoms with Gasteiger partial charge in [-0.25, -0.2) is 9.18 Å². The molecule has 70 valence electrons. The van der Waals surface area contributed by atoms with E-state index in [2.05, 4.69) is 4.74 Å². The Morgan fingerprint density at radius 3 is 2.54 bits per heavy atom. The third kappa shape index (κ3) is 1.69.